The zero-order valence-electron chi connectivity index (χ0n) is 12.7. The summed E-state index contributed by atoms with van der Waals surface area (Å²) < 4.78 is 0. The molecule has 0 bridgehead atoms. The quantitative estimate of drug-likeness (QED) is 0.451. The fourth-order valence-electron chi connectivity index (χ4n) is 2.50. The average molecular weight is 354 g/mol. The topological polar surface area (TPSA) is 107 Å². The first-order valence-electron chi connectivity index (χ1n) is 7.41. The number of amides is 1. The van der Waals surface area contributed by atoms with Gasteiger partial charge in [-0.3, -0.25) is 15.2 Å². The number of rotatable bonds is 3. The second kappa shape index (κ2) is 5.95. The molecule has 4 N–H and O–H groups in total. The number of aromatic hydroxyl groups is 1. The summed E-state index contributed by atoms with van der Waals surface area (Å²) in [5, 5.41) is 20.0. The monoisotopic (exact) mass is 353 g/mol. The number of nitrogens with one attached hydrogen (secondary N) is 3. The highest BCUT2D eigenvalue weighted by Crippen LogP contribution is 2.30. The van der Waals surface area contributed by atoms with Crippen LogP contribution in [0.3, 0.4) is 0 Å². The number of aromatic nitrogens is 4. The van der Waals surface area contributed by atoms with Crippen LogP contribution in [-0.4, -0.2) is 31.2 Å². The van der Waals surface area contributed by atoms with Crippen molar-refractivity contribution in [3.8, 4) is 17.0 Å². The molecule has 4 rings (SSSR count). The van der Waals surface area contributed by atoms with Crippen LogP contribution in [0.15, 0.2) is 48.5 Å². The average Bonchev–Trinajstić information content (AvgIpc) is 3.18. The molecule has 8 heteroatoms. The zero-order valence-corrected chi connectivity index (χ0v) is 13.5. The highest BCUT2D eigenvalue weighted by atomic mass is 35.5. The Labute approximate surface area is 146 Å². The molecule has 2 aromatic heterocycles. The van der Waals surface area contributed by atoms with Crippen LogP contribution in [0.1, 0.15) is 10.5 Å². The van der Waals surface area contributed by atoms with E-state index in [9.17, 15) is 9.90 Å². The van der Waals surface area contributed by atoms with E-state index in [0.29, 0.717) is 27.3 Å². The van der Waals surface area contributed by atoms with Crippen LogP contribution in [0.5, 0.6) is 5.75 Å². The van der Waals surface area contributed by atoms with Gasteiger partial charge in [-0.25, -0.2) is 4.98 Å². The van der Waals surface area contributed by atoms with Gasteiger partial charge in [0.15, 0.2) is 11.4 Å². The summed E-state index contributed by atoms with van der Waals surface area (Å²) in [5.74, 6) is -0.530. The van der Waals surface area contributed by atoms with Crippen LogP contribution in [0.2, 0.25) is 5.02 Å². The largest absolute Gasteiger partial charge is 0.504 e. The van der Waals surface area contributed by atoms with Crippen molar-refractivity contribution >= 4 is 34.5 Å². The molecule has 0 saturated heterocycles. The molecule has 0 aliphatic rings. The van der Waals surface area contributed by atoms with E-state index in [-0.39, 0.29) is 17.4 Å². The minimum atomic E-state index is -0.558. The minimum Gasteiger partial charge on any atom is -0.504 e. The van der Waals surface area contributed by atoms with E-state index >= 15 is 0 Å². The van der Waals surface area contributed by atoms with Crippen molar-refractivity contribution in [3.63, 3.8) is 0 Å². The molecule has 2 aromatic carbocycles. The van der Waals surface area contributed by atoms with Crippen LogP contribution in [0, 0.1) is 0 Å². The fraction of sp³-hybridized carbons (Fsp3) is 0. The van der Waals surface area contributed by atoms with E-state index in [4.69, 9.17) is 11.6 Å². The number of imidazole rings is 1. The maximum Gasteiger partial charge on any atom is 0.279 e. The number of fused-ring (bicyclic) bond motifs is 1. The summed E-state index contributed by atoms with van der Waals surface area (Å²) in [5.41, 5.74) is 2.33. The normalized spacial score (nSPS) is 10.9. The number of anilines is 1. The molecule has 7 nitrogen and oxygen atoms in total. The molecule has 0 aliphatic heterocycles. The molecule has 124 valence electrons. The van der Waals surface area contributed by atoms with Gasteiger partial charge in [-0.1, -0.05) is 41.9 Å². The van der Waals surface area contributed by atoms with E-state index in [2.05, 4.69) is 25.5 Å². The predicted octanol–water partition coefficient (Wildman–Crippen LogP) is 3.56. The second-order valence-corrected chi connectivity index (χ2v) is 5.80. The Morgan fingerprint density at radius 3 is 2.76 bits per heavy atom. The highest BCUT2D eigenvalue weighted by molar-refractivity contribution is 6.31. The Balaban J connectivity index is 1.61. The molecule has 0 spiro atoms. The standard InChI is InChI=1S/C17H12ClN5O2/c18-10-6-7-11-12(8-10)20-17(19-11)21-16(25)14-15(24)13(22-23-14)9-4-2-1-3-5-9/h1-8,24H,(H,22,23)(H2,19,20,21,25). The molecular weight excluding hydrogens is 342 g/mol. The van der Waals surface area contributed by atoms with E-state index in [1.807, 2.05) is 18.2 Å². The number of hydrogen-bond donors (Lipinski definition) is 4. The van der Waals surface area contributed by atoms with Gasteiger partial charge in [0, 0.05) is 10.6 Å². The van der Waals surface area contributed by atoms with Crippen molar-refractivity contribution in [1.82, 2.24) is 20.2 Å². The third-order valence-electron chi connectivity index (χ3n) is 3.69. The van der Waals surface area contributed by atoms with Gasteiger partial charge in [0.2, 0.25) is 5.95 Å². The first-order valence-corrected chi connectivity index (χ1v) is 7.79. The van der Waals surface area contributed by atoms with Crippen molar-refractivity contribution in [2.75, 3.05) is 5.32 Å². The Morgan fingerprint density at radius 2 is 1.96 bits per heavy atom. The molecule has 0 aliphatic carbocycles. The van der Waals surface area contributed by atoms with Crippen molar-refractivity contribution < 1.29 is 9.90 Å². The number of carbonyl (C=O) groups is 1. The Kier molecular flexibility index (Phi) is 3.62. The molecule has 0 fully saturated rings. The molecule has 0 unspecified atom stereocenters. The maximum atomic E-state index is 12.4. The Morgan fingerprint density at radius 1 is 1.16 bits per heavy atom. The number of aromatic amines is 2. The van der Waals surface area contributed by atoms with Gasteiger partial charge in [-0.15, -0.1) is 0 Å². The molecule has 1 amide bonds. The first-order chi connectivity index (χ1) is 12.1. The summed E-state index contributed by atoms with van der Waals surface area (Å²) in [7, 11) is 0. The summed E-state index contributed by atoms with van der Waals surface area (Å²) in [6.45, 7) is 0. The van der Waals surface area contributed by atoms with E-state index in [0.717, 1.165) is 0 Å². The van der Waals surface area contributed by atoms with Crippen LogP contribution >= 0.6 is 11.6 Å². The Hall–Kier alpha value is -3.32. The molecular formula is C17H12ClN5O2. The van der Waals surface area contributed by atoms with Gasteiger partial charge >= 0.3 is 0 Å². The van der Waals surface area contributed by atoms with Gasteiger partial charge in [0.1, 0.15) is 5.69 Å². The number of carbonyl (C=O) groups excluding carboxylic acids is 1. The fourth-order valence-corrected chi connectivity index (χ4v) is 2.67. The molecule has 2 heterocycles. The Bertz CT molecular complexity index is 1070. The maximum absolute atomic E-state index is 12.4. The number of benzene rings is 2. The summed E-state index contributed by atoms with van der Waals surface area (Å²) in [6.07, 6.45) is 0. The third kappa shape index (κ3) is 2.81. The van der Waals surface area contributed by atoms with E-state index < -0.39 is 5.91 Å². The molecule has 4 aromatic rings. The number of nitrogens with zero attached hydrogens (tertiary/aromatic N) is 2. The second-order valence-electron chi connectivity index (χ2n) is 5.36. The summed E-state index contributed by atoms with van der Waals surface area (Å²) >= 11 is 5.93. The van der Waals surface area contributed by atoms with Crippen LogP contribution in [0.25, 0.3) is 22.3 Å². The van der Waals surface area contributed by atoms with E-state index in [1.165, 1.54) is 0 Å². The molecule has 25 heavy (non-hydrogen) atoms. The highest BCUT2D eigenvalue weighted by Gasteiger charge is 2.20. The molecule has 0 saturated carbocycles. The third-order valence-corrected chi connectivity index (χ3v) is 3.93. The minimum absolute atomic E-state index is 0.0441. The number of hydrogen-bond acceptors (Lipinski definition) is 4. The van der Waals surface area contributed by atoms with Crippen molar-refractivity contribution in [2.45, 2.75) is 0 Å². The van der Waals surface area contributed by atoms with Crippen LogP contribution in [0.4, 0.5) is 5.95 Å². The lowest BCUT2D eigenvalue weighted by Gasteiger charge is -2.00. The van der Waals surface area contributed by atoms with Gasteiger partial charge in [-0.2, -0.15) is 5.10 Å². The zero-order chi connectivity index (χ0) is 17.4. The van der Waals surface area contributed by atoms with Gasteiger partial charge in [0.25, 0.3) is 5.91 Å². The van der Waals surface area contributed by atoms with Crippen molar-refractivity contribution in [3.05, 3.63) is 59.2 Å². The lowest BCUT2D eigenvalue weighted by atomic mass is 10.1. The van der Waals surface area contributed by atoms with Crippen molar-refractivity contribution in [1.29, 1.82) is 0 Å². The molecule has 0 atom stereocenters. The molecule has 0 radical (unpaired) electrons. The summed E-state index contributed by atoms with van der Waals surface area (Å²) in [6, 6.07) is 14.2. The van der Waals surface area contributed by atoms with Crippen LogP contribution < -0.4 is 5.32 Å². The van der Waals surface area contributed by atoms with Gasteiger partial charge in [0.05, 0.1) is 11.0 Å². The number of halogens is 1. The predicted molar refractivity (Wildman–Crippen MR) is 94.7 cm³/mol. The van der Waals surface area contributed by atoms with Crippen molar-refractivity contribution in [2.24, 2.45) is 0 Å². The SMILES string of the molecule is O=C(Nc1nc2ccc(Cl)cc2[nH]1)c1[nH]nc(-c2ccccc2)c1O. The van der Waals surface area contributed by atoms with Gasteiger partial charge < -0.3 is 10.1 Å². The first kappa shape index (κ1) is 15.2. The lowest BCUT2D eigenvalue weighted by Crippen LogP contribution is -2.13. The number of H-pyrrole nitrogens is 2. The van der Waals surface area contributed by atoms with Crippen LogP contribution in [-0.2, 0) is 0 Å². The van der Waals surface area contributed by atoms with E-state index in [1.54, 1.807) is 30.3 Å². The van der Waals surface area contributed by atoms with Gasteiger partial charge in [-0.05, 0) is 18.2 Å². The summed E-state index contributed by atoms with van der Waals surface area (Å²) in [4.78, 5) is 19.6. The smallest absolute Gasteiger partial charge is 0.279 e. The lowest BCUT2D eigenvalue weighted by molar-refractivity contribution is 0.101.